The summed E-state index contributed by atoms with van der Waals surface area (Å²) in [6.07, 6.45) is 6.15. The summed E-state index contributed by atoms with van der Waals surface area (Å²) < 4.78 is 0. The van der Waals surface area contributed by atoms with Crippen molar-refractivity contribution in [2.75, 3.05) is 0 Å². The van der Waals surface area contributed by atoms with Gasteiger partial charge in [-0.25, -0.2) is 0 Å². The molecular weight excluding hydrogens is 504 g/mol. The van der Waals surface area contributed by atoms with Crippen LogP contribution in [-0.2, 0) is 17.3 Å². The molecule has 4 aromatic carbocycles. The highest BCUT2D eigenvalue weighted by Crippen LogP contribution is 2.66. The van der Waals surface area contributed by atoms with E-state index in [1.807, 2.05) is 0 Å². The van der Waals surface area contributed by atoms with Crippen molar-refractivity contribution >= 4 is 21.9 Å². The van der Waals surface area contributed by atoms with Gasteiger partial charge in [0.2, 0.25) is 0 Å². The number of benzene rings is 4. The number of aryl methyl sites for hydroxylation is 3. The smallest absolute Gasteiger partial charge is 0.0473 e. The van der Waals surface area contributed by atoms with Crippen LogP contribution in [0.5, 0.6) is 0 Å². The Kier molecular flexibility index (Phi) is 5.11. The largest absolute Gasteiger partial charge is 0.0682 e. The lowest BCUT2D eigenvalue weighted by molar-refractivity contribution is 0.336. The van der Waals surface area contributed by atoms with Gasteiger partial charge >= 0.3 is 0 Å². The van der Waals surface area contributed by atoms with E-state index in [9.17, 15) is 0 Å². The average Bonchev–Trinajstić information content (AvgIpc) is 3.49. The third-order valence-corrected chi connectivity index (χ3v) is 11.2. The Morgan fingerprint density at radius 1 is 0.786 bits per heavy atom. The summed E-state index contributed by atoms with van der Waals surface area (Å²) in [5, 5.41) is 2.90. The molecule has 0 radical (unpaired) electrons. The van der Waals surface area contributed by atoms with Crippen molar-refractivity contribution in [2.45, 2.75) is 79.6 Å². The molecule has 0 N–H and O–H groups in total. The molecule has 0 heterocycles. The molecule has 0 fully saturated rings. The van der Waals surface area contributed by atoms with Crippen LogP contribution >= 0.6 is 0 Å². The Hall–Kier alpha value is -3.64. The third-order valence-electron chi connectivity index (χ3n) is 11.2. The van der Waals surface area contributed by atoms with Gasteiger partial charge in [0.1, 0.15) is 0 Å². The number of fused-ring (bicyclic) bond motifs is 12. The Morgan fingerprint density at radius 2 is 1.52 bits per heavy atom. The summed E-state index contributed by atoms with van der Waals surface area (Å²) in [6.45, 7) is 21.5. The SMILES string of the molecule is CC1=CC2(c3ccc4c(c3-c3cc(C)c5c(C)cc(C)cc5c32)C(C)(C)C2=C4Cc3ccccc32)C(C(C)C)C(C)=C1. The van der Waals surface area contributed by atoms with E-state index in [2.05, 4.69) is 129 Å². The van der Waals surface area contributed by atoms with Gasteiger partial charge in [0, 0.05) is 10.8 Å². The van der Waals surface area contributed by atoms with E-state index < -0.39 is 0 Å². The van der Waals surface area contributed by atoms with Crippen molar-refractivity contribution in [1.82, 2.24) is 0 Å². The molecule has 4 aromatic rings. The summed E-state index contributed by atoms with van der Waals surface area (Å²) >= 11 is 0. The maximum Gasteiger partial charge on any atom is 0.0473 e. The third kappa shape index (κ3) is 2.99. The number of allylic oxidation sites excluding steroid dienone is 6. The topological polar surface area (TPSA) is 0 Å². The fourth-order valence-corrected chi connectivity index (χ4v) is 10.4. The highest BCUT2D eigenvalue weighted by atomic mass is 14.6. The zero-order chi connectivity index (χ0) is 29.5. The molecule has 0 nitrogen and oxygen atoms in total. The Balaban J connectivity index is 1.55. The Labute approximate surface area is 251 Å². The molecule has 0 saturated carbocycles. The summed E-state index contributed by atoms with van der Waals surface area (Å²) in [4.78, 5) is 0. The van der Waals surface area contributed by atoms with E-state index >= 15 is 0 Å². The minimum atomic E-state index is -0.190. The first kappa shape index (κ1) is 26.0. The standard InChI is InChI=1S/C42H42/c1-22(2)37-27(7)17-24(4)21-42(37)34-15-14-30-31-20-28-12-10-11-13-29(28)38(31)41(8,9)40(30)36(34)33-19-26(6)35-25(5)16-23(3)18-32(35)39(33)42/h10-19,21-22,37H,20H2,1-9H3. The summed E-state index contributed by atoms with van der Waals surface area (Å²) in [5.41, 5.74) is 21.9. The highest BCUT2D eigenvalue weighted by molar-refractivity contribution is 6.11. The number of hydrogen-bond donors (Lipinski definition) is 0. The van der Waals surface area contributed by atoms with Gasteiger partial charge in [0.05, 0.1) is 0 Å². The van der Waals surface area contributed by atoms with E-state index in [1.165, 1.54) is 72.0 Å². The normalized spacial score (nSPS) is 22.8. The summed E-state index contributed by atoms with van der Waals surface area (Å²) in [6, 6.07) is 21.6. The van der Waals surface area contributed by atoms with Crippen LogP contribution in [0.15, 0.2) is 77.9 Å². The van der Waals surface area contributed by atoms with E-state index in [0.717, 1.165) is 6.42 Å². The molecule has 4 aliphatic rings. The van der Waals surface area contributed by atoms with Gasteiger partial charge in [-0.1, -0.05) is 111 Å². The molecule has 42 heavy (non-hydrogen) atoms. The van der Waals surface area contributed by atoms with Gasteiger partial charge in [-0.05, 0) is 130 Å². The van der Waals surface area contributed by atoms with E-state index in [-0.39, 0.29) is 10.8 Å². The Morgan fingerprint density at radius 3 is 2.29 bits per heavy atom. The molecule has 2 unspecified atom stereocenters. The van der Waals surface area contributed by atoms with Gasteiger partial charge in [-0.2, -0.15) is 0 Å². The molecule has 0 bridgehead atoms. The predicted octanol–water partition coefficient (Wildman–Crippen LogP) is 11.0. The molecule has 0 aliphatic heterocycles. The lowest BCUT2D eigenvalue weighted by atomic mass is 9.58. The van der Waals surface area contributed by atoms with E-state index in [0.29, 0.717) is 11.8 Å². The second-order valence-electron chi connectivity index (χ2n) is 14.7. The fourth-order valence-electron chi connectivity index (χ4n) is 10.4. The fraction of sp³-hybridized carbons (Fsp3) is 0.333. The van der Waals surface area contributed by atoms with Crippen molar-refractivity contribution in [1.29, 1.82) is 0 Å². The Bertz CT molecular complexity index is 2000. The minimum Gasteiger partial charge on any atom is -0.0682 e. The molecular formula is C42H42. The van der Waals surface area contributed by atoms with Crippen molar-refractivity contribution in [2.24, 2.45) is 11.8 Å². The van der Waals surface area contributed by atoms with Crippen molar-refractivity contribution in [3.63, 3.8) is 0 Å². The molecule has 4 aliphatic carbocycles. The average molecular weight is 547 g/mol. The first-order chi connectivity index (χ1) is 20.0. The second kappa shape index (κ2) is 8.25. The first-order valence-corrected chi connectivity index (χ1v) is 15.9. The summed E-state index contributed by atoms with van der Waals surface area (Å²) in [7, 11) is 0. The molecule has 0 saturated heterocycles. The summed E-state index contributed by atoms with van der Waals surface area (Å²) in [5.74, 6) is 0.902. The molecule has 210 valence electrons. The predicted molar refractivity (Wildman–Crippen MR) is 180 cm³/mol. The molecule has 1 spiro atoms. The van der Waals surface area contributed by atoms with Crippen molar-refractivity contribution in [3.05, 3.63) is 128 Å². The molecule has 0 aromatic heterocycles. The quantitative estimate of drug-likeness (QED) is 0.223. The van der Waals surface area contributed by atoms with Crippen LogP contribution in [0.25, 0.3) is 33.0 Å². The number of hydrogen-bond acceptors (Lipinski definition) is 0. The highest BCUT2D eigenvalue weighted by Gasteiger charge is 2.54. The molecule has 2 atom stereocenters. The molecule has 0 heteroatoms. The van der Waals surface area contributed by atoms with Gasteiger partial charge in [0.15, 0.2) is 0 Å². The molecule has 0 amide bonds. The maximum atomic E-state index is 2.66. The lowest BCUT2D eigenvalue weighted by Gasteiger charge is -2.44. The van der Waals surface area contributed by atoms with Crippen LogP contribution in [0.2, 0.25) is 0 Å². The van der Waals surface area contributed by atoms with Crippen LogP contribution < -0.4 is 0 Å². The van der Waals surface area contributed by atoms with Gasteiger partial charge in [-0.3, -0.25) is 0 Å². The van der Waals surface area contributed by atoms with Crippen LogP contribution in [0, 0.1) is 32.6 Å². The minimum absolute atomic E-state index is 0.0670. The molecule has 8 rings (SSSR count). The van der Waals surface area contributed by atoms with Crippen LogP contribution in [0.4, 0.5) is 0 Å². The zero-order valence-corrected chi connectivity index (χ0v) is 26.7. The van der Waals surface area contributed by atoms with E-state index in [1.54, 1.807) is 22.3 Å². The van der Waals surface area contributed by atoms with Crippen LogP contribution in [0.1, 0.15) is 91.6 Å². The van der Waals surface area contributed by atoms with Crippen molar-refractivity contribution in [3.8, 4) is 11.1 Å². The van der Waals surface area contributed by atoms with Gasteiger partial charge in [-0.15, -0.1) is 0 Å². The van der Waals surface area contributed by atoms with Gasteiger partial charge in [0.25, 0.3) is 0 Å². The van der Waals surface area contributed by atoms with Crippen LogP contribution in [0.3, 0.4) is 0 Å². The van der Waals surface area contributed by atoms with Crippen LogP contribution in [-0.4, -0.2) is 0 Å². The zero-order valence-electron chi connectivity index (χ0n) is 26.7. The first-order valence-electron chi connectivity index (χ1n) is 15.9. The van der Waals surface area contributed by atoms with Crippen molar-refractivity contribution < 1.29 is 0 Å². The van der Waals surface area contributed by atoms with Gasteiger partial charge < -0.3 is 0 Å². The maximum absolute atomic E-state index is 2.66. The van der Waals surface area contributed by atoms with E-state index in [4.69, 9.17) is 0 Å². The second-order valence-corrected chi connectivity index (χ2v) is 14.7. The number of rotatable bonds is 1. The lowest BCUT2D eigenvalue weighted by Crippen LogP contribution is -2.39. The monoisotopic (exact) mass is 546 g/mol.